The highest BCUT2D eigenvalue weighted by Gasteiger charge is 2.51. The molecule has 1 unspecified atom stereocenters. The van der Waals surface area contributed by atoms with Crippen LogP contribution >= 0.6 is 24.4 Å². The van der Waals surface area contributed by atoms with Crippen LogP contribution in [-0.2, 0) is 9.59 Å². The Balaban J connectivity index is 2.48. The molecule has 1 fully saturated rings. The molecule has 1 atom stereocenters. The number of hydrogen-bond acceptors (Lipinski definition) is 6. The molecule has 1 N–H and O–H groups in total. The third-order valence-corrected chi connectivity index (χ3v) is 5.51. The van der Waals surface area contributed by atoms with Gasteiger partial charge in [0.2, 0.25) is 5.91 Å². The van der Waals surface area contributed by atoms with Gasteiger partial charge in [0.05, 0.1) is 28.1 Å². The Kier molecular flexibility index (Phi) is 5.66. The van der Waals surface area contributed by atoms with Crippen molar-refractivity contribution in [3.05, 3.63) is 23.5 Å². The van der Waals surface area contributed by atoms with Crippen LogP contribution in [0.2, 0.25) is 0 Å². The molecule has 1 aliphatic rings. The average molecular weight is 383 g/mol. The largest absolute Gasteiger partial charge is 0.481 e. The van der Waals surface area contributed by atoms with Gasteiger partial charge in [0, 0.05) is 6.54 Å². The number of carboxylic acids is 1. The summed E-state index contributed by atoms with van der Waals surface area (Å²) in [5.74, 6) is -2.03. The zero-order chi connectivity index (χ0) is 18.9. The van der Waals surface area contributed by atoms with Gasteiger partial charge >= 0.3 is 5.97 Å². The maximum Gasteiger partial charge on any atom is 0.304 e. The predicted molar refractivity (Wildman–Crippen MR) is 96.2 cm³/mol. The second kappa shape index (κ2) is 7.23. The molecular formula is C16H18FN3O3S2. The zero-order valence-corrected chi connectivity index (χ0v) is 15.7. The fraction of sp³-hybridized carbons (Fsp3) is 0.438. The molecule has 1 aliphatic heterocycles. The van der Waals surface area contributed by atoms with Gasteiger partial charge in [-0.05, 0) is 32.2 Å². The van der Waals surface area contributed by atoms with E-state index in [1.165, 1.54) is 17.0 Å². The van der Waals surface area contributed by atoms with Crippen LogP contribution in [0.25, 0.3) is 0 Å². The van der Waals surface area contributed by atoms with E-state index in [0.29, 0.717) is 0 Å². The van der Waals surface area contributed by atoms with Crippen LogP contribution in [0.3, 0.4) is 0 Å². The molecule has 0 bridgehead atoms. The average Bonchev–Trinajstić information content (AvgIpc) is 2.71. The molecule has 1 heterocycles. The first-order chi connectivity index (χ1) is 11.7. The van der Waals surface area contributed by atoms with Crippen LogP contribution in [-0.4, -0.2) is 45.7 Å². The Labute approximate surface area is 155 Å². The monoisotopic (exact) mass is 383 g/mol. The maximum atomic E-state index is 14.9. The molecule has 1 amide bonds. The second-order valence-corrected chi connectivity index (χ2v) is 7.29. The molecule has 25 heavy (non-hydrogen) atoms. The molecule has 1 aromatic rings. The number of amides is 1. The van der Waals surface area contributed by atoms with Crippen molar-refractivity contribution >= 4 is 42.0 Å². The lowest BCUT2D eigenvalue weighted by molar-refractivity contribution is -0.138. The van der Waals surface area contributed by atoms with E-state index in [1.54, 1.807) is 25.0 Å². The summed E-state index contributed by atoms with van der Waals surface area (Å²) >= 11 is 5.51. The van der Waals surface area contributed by atoms with Crippen LogP contribution in [0.4, 0.5) is 10.1 Å². The fourth-order valence-electron chi connectivity index (χ4n) is 2.81. The smallest absolute Gasteiger partial charge is 0.304 e. The first-order valence-electron chi connectivity index (χ1n) is 7.43. The number of nitriles is 1. The molecule has 6 nitrogen and oxygen atoms in total. The van der Waals surface area contributed by atoms with Gasteiger partial charge in [-0.25, -0.2) is 4.39 Å². The number of thioether (sulfide) groups is 1. The van der Waals surface area contributed by atoms with Gasteiger partial charge in [-0.2, -0.15) is 5.26 Å². The minimum absolute atomic E-state index is 0.0271. The lowest BCUT2D eigenvalue weighted by atomic mass is 10.0. The number of benzene rings is 1. The van der Waals surface area contributed by atoms with E-state index in [9.17, 15) is 14.0 Å². The normalized spacial score (nSPS) is 19.9. The molecule has 0 saturated carbocycles. The summed E-state index contributed by atoms with van der Waals surface area (Å²) in [4.78, 5) is 26.7. The van der Waals surface area contributed by atoms with Gasteiger partial charge in [0.15, 0.2) is 5.82 Å². The van der Waals surface area contributed by atoms with Crippen LogP contribution in [0, 0.1) is 17.1 Å². The molecule has 0 aliphatic carbocycles. The number of carbonyl (C=O) groups excluding carboxylic acids is 1. The van der Waals surface area contributed by atoms with Crippen molar-refractivity contribution in [2.75, 3.05) is 17.7 Å². The van der Waals surface area contributed by atoms with Crippen molar-refractivity contribution in [1.82, 2.24) is 4.90 Å². The number of carboxylic acid groups (broad SMARTS) is 1. The number of anilines is 1. The highest BCUT2D eigenvalue weighted by molar-refractivity contribution is 7.98. The summed E-state index contributed by atoms with van der Waals surface area (Å²) in [7, 11) is 0. The second-order valence-electron chi connectivity index (χ2n) is 6.01. The predicted octanol–water partition coefficient (Wildman–Crippen LogP) is 2.53. The molecule has 0 radical (unpaired) electrons. The topological polar surface area (TPSA) is 84.6 Å². The third kappa shape index (κ3) is 3.34. The standard InChI is InChI=1S/C16H18FN3O3S2/c1-16(2)14(23)20(15(24)19(16)7-6-11(21)22)10-5-4-9(8-18)13(25-3)12(10)17/h4-5,15,24H,6-7H2,1-3H3,(H,21,22). The third-order valence-electron chi connectivity index (χ3n) is 4.20. The van der Waals surface area contributed by atoms with E-state index in [1.807, 2.05) is 6.07 Å². The number of thiol groups is 1. The minimum atomic E-state index is -1.03. The summed E-state index contributed by atoms with van der Waals surface area (Å²) in [5, 5.41) is 18.0. The van der Waals surface area contributed by atoms with Crippen molar-refractivity contribution < 1.29 is 19.1 Å². The van der Waals surface area contributed by atoms with Gasteiger partial charge in [-0.15, -0.1) is 24.4 Å². The van der Waals surface area contributed by atoms with E-state index in [2.05, 4.69) is 12.6 Å². The zero-order valence-electron chi connectivity index (χ0n) is 14.0. The van der Waals surface area contributed by atoms with Crippen LogP contribution in [0.5, 0.6) is 0 Å². The Morgan fingerprint density at radius 2 is 2.16 bits per heavy atom. The van der Waals surface area contributed by atoms with Gasteiger partial charge < -0.3 is 5.11 Å². The SMILES string of the molecule is CSc1c(C#N)ccc(N2C(=O)C(C)(C)N(CCC(=O)O)C2S)c1F. The Hall–Kier alpha value is -1.76. The summed E-state index contributed by atoms with van der Waals surface area (Å²) in [6.45, 7) is 3.40. The van der Waals surface area contributed by atoms with E-state index in [4.69, 9.17) is 10.4 Å². The van der Waals surface area contributed by atoms with Gasteiger partial charge in [-0.3, -0.25) is 19.4 Å². The summed E-state index contributed by atoms with van der Waals surface area (Å²) in [6, 6.07) is 4.77. The highest BCUT2D eigenvalue weighted by Crippen LogP contribution is 2.40. The van der Waals surface area contributed by atoms with E-state index in [0.717, 1.165) is 11.8 Å². The Morgan fingerprint density at radius 1 is 1.52 bits per heavy atom. The van der Waals surface area contributed by atoms with Crippen molar-refractivity contribution in [2.24, 2.45) is 0 Å². The van der Waals surface area contributed by atoms with E-state index < -0.39 is 22.8 Å². The number of hydrogen-bond donors (Lipinski definition) is 2. The van der Waals surface area contributed by atoms with Gasteiger partial charge in [0.1, 0.15) is 11.6 Å². The van der Waals surface area contributed by atoms with Crippen LogP contribution in [0.15, 0.2) is 17.0 Å². The molecule has 0 aromatic heterocycles. The molecule has 134 valence electrons. The molecule has 1 saturated heterocycles. The van der Waals surface area contributed by atoms with Crippen molar-refractivity contribution in [1.29, 1.82) is 5.26 Å². The molecule has 0 spiro atoms. The number of halogens is 1. The number of carbonyl (C=O) groups is 2. The van der Waals surface area contributed by atoms with Gasteiger partial charge in [0.25, 0.3) is 0 Å². The molecular weight excluding hydrogens is 365 g/mol. The minimum Gasteiger partial charge on any atom is -0.481 e. The molecule has 2 rings (SSSR count). The fourth-order valence-corrected chi connectivity index (χ4v) is 4.07. The lowest BCUT2D eigenvalue weighted by Crippen LogP contribution is -2.45. The lowest BCUT2D eigenvalue weighted by Gasteiger charge is -2.30. The quantitative estimate of drug-likeness (QED) is 0.600. The first kappa shape index (κ1) is 19.6. The number of rotatable bonds is 5. The van der Waals surface area contributed by atoms with Crippen molar-refractivity contribution in [3.63, 3.8) is 0 Å². The summed E-state index contributed by atoms with van der Waals surface area (Å²) in [6.07, 6.45) is 1.49. The Bertz CT molecular complexity index is 764. The van der Waals surface area contributed by atoms with Gasteiger partial charge in [-0.1, -0.05) is 0 Å². The summed E-state index contributed by atoms with van der Waals surface area (Å²) in [5.41, 5.74) is -1.61. The summed E-state index contributed by atoms with van der Waals surface area (Å²) < 4.78 is 14.9. The maximum absolute atomic E-state index is 14.9. The number of nitrogens with zero attached hydrogens (tertiary/aromatic N) is 3. The van der Waals surface area contributed by atoms with E-state index in [-0.39, 0.29) is 35.0 Å². The Morgan fingerprint density at radius 3 is 2.68 bits per heavy atom. The van der Waals surface area contributed by atoms with Crippen molar-refractivity contribution in [2.45, 2.75) is 36.2 Å². The van der Waals surface area contributed by atoms with Crippen LogP contribution < -0.4 is 4.90 Å². The highest BCUT2D eigenvalue weighted by atomic mass is 32.2. The first-order valence-corrected chi connectivity index (χ1v) is 9.17. The van der Waals surface area contributed by atoms with Crippen LogP contribution in [0.1, 0.15) is 25.8 Å². The van der Waals surface area contributed by atoms with Crippen molar-refractivity contribution in [3.8, 4) is 6.07 Å². The number of aliphatic carboxylic acids is 1. The molecule has 9 heteroatoms. The van der Waals surface area contributed by atoms with E-state index >= 15 is 0 Å². The molecule has 1 aromatic carbocycles.